The van der Waals surface area contributed by atoms with E-state index in [2.05, 4.69) is 33.1 Å². The number of aromatic nitrogens is 4. The van der Waals surface area contributed by atoms with Crippen molar-refractivity contribution in [2.75, 3.05) is 26.3 Å². The van der Waals surface area contributed by atoms with Gasteiger partial charge in [0.25, 0.3) is 5.91 Å². The number of carbonyl (C=O) groups excluding carboxylic acids is 2. The van der Waals surface area contributed by atoms with E-state index in [1.165, 1.54) is 0 Å². The topological polar surface area (TPSA) is 102 Å². The zero-order valence-electron chi connectivity index (χ0n) is 23.0. The Balaban J connectivity index is 1.37. The minimum Gasteiger partial charge on any atom is -0.381 e. The first kappa shape index (κ1) is 26.1. The Bertz CT molecular complexity index is 1560. The quantitative estimate of drug-likeness (QED) is 0.386. The molecule has 0 bridgehead atoms. The third-order valence-corrected chi connectivity index (χ3v) is 7.92. The van der Waals surface area contributed by atoms with Gasteiger partial charge in [-0.25, -0.2) is 4.98 Å². The van der Waals surface area contributed by atoms with E-state index >= 15 is 0 Å². The van der Waals surface area contributed by atoms with Crippen molar-refractivity contribution < 1.29 is 14.3 Å². The summed E-state index contributed by atoms with van der Waals surface area (Å²) in [5.74, 6) is 1.37. The van der Waals surface area contributed by atoms with Gasteiger partial charge in [-0.1, -0.05) is 25.1 Å². The molecule has 5 heterocycles. The minimum absolute atomic E-state index is 0.0812. The average Bonchev–Trinajstić information content (AvgIpc) is 3.38. The molecule has 2 aliphatic rings. The number of imidazole rings is 1. The van der Waals surface area contributed by atoms with Gasteiger partial charge in [0.2, 0.25) is 5.91 Å². The predicted molar refractivity (Wildman–Crippen MR) is 153 cm³/mol. The first-order valence-corrected chi connectivity index (χ1v) is 14.1. The first-order valence-electron chi connectivity index (χ1n) is 14.1. The maximum atomic E-state index is 12.3. The molecule has 2 amide bonds. The Kier molecular flexibility index (Phi) is 7.30. The lowest BCUT2D eigenvalue weighted by atomic mass is 9.99. The van der Waals surface area contributed by atoms with E-state index in [4.69, 9.17) is 14.7 Å². The second-order valence-electron chi connectivity index (χ2n) is 10.5. The fourth-order valence-corrected chi connectivity index (χ4v) is 5.69. The van der Waals surface area contributed by atoms with E-state index in [0.29, 0.717) is 31.2 Å². The lowest BCUT2D eigenvalue weighted by molar-refractivity contribution is -0.130. The molecule has 1 fully saturated rings. The van der Waals surface area contributed by atoms with E-state index in [0.717, 1.165) is 83.8 Å². The number of fused-ring (bicyclic) bond motifs is 2. The van der Waals surface area contributed by atoms with E-state index in [-0.39, 0.29) is 11.8 Å². The van der Waals surface area contributed by atoms with Gasteiger partial charge in [0.1, 0.15) is 11.5 Å². The van der Waals surface area contributed by atoms with Crippen LogP contribution in [0.3, 0.4) is 0 Å². The Morgan fingerprint density at radius 2 is 1.93 bits per heavy atom. The van der Waals surface area contributed by atoms with Gasteiger partial charge >= 0.3 is 0 Å². The van der Waals surface area contributed by atoms with Gasteiger partial charge in [-0.05, 0) is 42.8 Å². The molecule has 1 N–H and O–H groups in total. The van der Waals surface area contributed by atoms with E-state index < -0.39 is 0 Å². The van der Waals surface area contributed by atoms with Crippen LogP contribution in [0.25, 0.3) is 33.3 Å². The molecule has 0 aliphatic carbocycles. The third-order valence-electron chi connectivity index (χ3n) is 7.92. The fourth-order valence-electron chi connectivity index (χ4n) is 5.69. The largest absolute Gasteiger partial charge is 0.381 e. The van der Waals surface area contributed by atoms with Crippen LogP contribution in [-0.2, 0) is 22.6 Å². The normalized spacial score (nSPS) is 15.7. The zero-order valence-corrected chi connectivity index (χ0v) is 23.0. The minimum atomic E-state index is -0.170. The van der Waals surface area contributed by atoms with Crippen molar-refractivity contribution in [2.24, 2.45) is 0 Å². The molecule has 2 aliphatic heterocycles. The number of ether oxygens (including phenoxy) is 1. The van der Waals surface area contributed by atoms with Crippen LogP contribution in [0.1, 0.15) is 61.0 Å². The van der Waals surface area contributed by atoms with Gasteiger partial charge in [-0.15, -0.1) is 0 Å². The van der Waals surface area contributed by atoms with Crippen LogP contribution in [0, 0.1) is 0 Å². The van der Waals surface area contributed by atoms with Gasteiger partial charge in [0.15, 0.2) is 0 Å². The maximum Gasteiger partial charge on any atom is 0.269 e. The lowest BCUT2D eigenvalue weighted by Crippen LogP contribution is -2.37. The Hall–Kier alpha value is -4.11. The molecule has 40 heavy (non-hydrogen) atoms. The lowest BCUT2D eigenvalue weighted by Gasteiger charge is -2.30. The molecule has 0 spiro atoms. The monoisotopic (exact) mass is 538 g/mol. The van der Waals surface area contributed by atoms with Crippen molar-refractivity contribution in [1.29, 1.82) is 0 Å². The summed E-state index contributed by atoms with van der Waals surface area (Å²) in [5, 5.41) is 4.91. The highest BCUT2D eigenvalue weighted by atomic mass is 16.5. The number of hydrogen-bond acceptors (Lipinski definition) is 6. The SMILES string of the molecule is CCCNC(=O)c1ccc(-c2cc3cccc(-c4nc(C5CCOCC5)n5c4CN(C(C)=O)CC5)c3cn2)cn1. The average molecular weight is 539 g/mol. The number of rotatable bonds is 6. The summed E-state index contributed by atoms with van der Waals surface area (Å²) in [6.07, 6.45) is 6.38. The summed E-state index contributed by atoms with van der Waals surface area (Å²) < 4.78 is 7.96. The molecule has 1 saturated heterocycles. The molecule has 9 heteroatoms. The Morgan fingerprint density at radius 1 is 1.07 bits per heavy atom. The Labute approximate surface area is 233 Å². The van der Waals surface area contributed by atoms with Crippen LogP contribution >= 0.6 is 0 Å². The third kappa shape index (κ3) is 4.97. The van der Waals surface area contributed by atoms with Crippen LogP contribution < -0.4 is 5.32 Å². The number of nitrogens with zero attached hydrogens (tertiary/aromatic N) is 5. The molecule has 9 nitrogen and oxygen atoms in total. The molecule has 0 atom stereocenters. The van der Waals surface area contributed by atoms with Crippen molar-refractivity contribution in [1.82, 2.24) is 29.7 Å². The fraction of sp³-hybridized carbons (Fsp3) is 0.387. The smallest absolute Gasteiger partial charge is 0.269 e. The molecule has 4 aromatic rings. The molecule has 206 valence electrons. The first-order chi connectivity index (χ1) is 19.5. The van der Waals surface area contributed by atoms with Crippen LogP contribution in [0.15, 0.2) is 48.8 Å². The van der Waals surface area contributed by atoms with Gasteiger partial charge in [-0.2, -0.15) is 0 Å². The molecule has 0 radical (unpaired) electrons. The van der Waals surface area contributed by atoms with Crippen molar-refractivity contribution in [3.05, 3.63) is 66.0 Å². The van der Waals surface area contributed by atoms with Gasteiger partial charge in [0.05, 0.1) is 23.6 Å². The summed E-state index contributed by atoms with van der Waals surface area (Å²) >= 11 is 0. The van der Waals surface area contributed by atoms with Crippen LogP contribution in [0.2, 0.25) is 0 Å². The summed E-state index contributed by atoms with van der Waals surface area (Å²) in [6.45, 7) is 7.77. The standard InChI is InChI=1S/C31H34N6O3/c1-3-11-32-31(39)26-8-7-23(17-33-26)27-16-22-5-4-6-24(25(22)18-34-27)29-28-19-36(20(2)38)12-13-37(28)30(35-29)21-9-14-40-15-10-21/h4-8,16-18,21H,3,9-15,19H2,1-2H3,(H,32,39). The van der Waals surface area contributed by atoms with Crippen LogP contribution in [0.4, 0.5) is 0 Å². The van der Waals surface area contributed by atoms with Crippen molar-refractivity contribution in [2.45, 2.75) is 52.1 Å². The molecule has 0 unspecified atom stereocenters. The summed E-state index contributed by atoms with van der Waals surface area (Å²) in [4.78, 5) is 40.8. The number of nitrogens with one attached hydrogen (secondary N) is 1. The highest BCUT2D eigenvalue weighted by Gasteiger charge is 2.30. The predicted octanol–water partition coefficient (Wildman–Crippen LogP) is 4.56. The van der Waals surface area contributed by atoms with Crippen molar-refractivity contribution in [3.63, 3.8) is 0 Å². The highest BCUT2D eigenvalue weighted by Crippen LogP contribution is 2.37. The molecule has 6 rings (SSSR count). The van der Waals surface area contributed by atoms with Gasteiger partial charge in [-0.3, -0.25) is 19.6 Å². The van der Waals surface area contributed by atoms with Gasteiger partial charge in [0, 0.05) is 74.6 Å². The number of pyridine rings is 2. The van der Waals surface area contributed by atoms with Crippen LogP contribution in [-0.4, -0.2) is 62.5 Å². The highest BCUT2D eigenvalue weighted by molar-refractivity contribution is 5.97. The second kappa shape index (κ2) is 11.2. The van der Waals surface area contributed by atoms with E-state index in [1.807, 2.05) is 30.2 Å². The molecular formula is C31H34N6O3. The van der Waals surface area contributed by atoms with Gasteiger partial charge < -0.3 is 19.5 Å². The number of hydrogen-bond donors (Lipinski definition) is 1. The summed E-state index contributed by atoms with van der Waals surface area (Å²) in [5.41, 5.74) is 5.06. The van der Waals surface area contributed by atoms with Crippen LogP contribution in [0.5, 0.6) is 0 Å². The zero-order chi connectivity index (χ0) is 27.6. The van der Waals surface area contributed by atoms with Crippen molar-refractivity contribution >= 4 is 22.6 Å². The molecule has 0 saturated carbocycles. The van der Waals surface area contributed by atoms with Crippen molar-refractivity contribution in [3.8, 4) is 22.5 Å². The summed E-state index contributed by atoms with van der Waals surface area (Å²) in [6, 6.07) is 11.9. The second-order valence-corrected chi connectivity index (χ2v) is 10.5. The molecule has 1 aromatic carbocycles. The number of benzene rings is 1. The van der Waals surface area contributed by atoms with E-state index in [1.54, 1.807) is 19.2 Å². The maximum absolute atomic E-state index is 12.3. The number of carbonyl (C=O) groups is 2. The summed E-state index contributed by atoms with van der Waals surface area (Å²) in [7, 11) is 0. The Morgan fingerprint density at radius 3 is 2.67 bits per heavy atom. The van der Waals surface area contributed by atoms with E-state index in [9.17, 15) is 9.59 Å². The molecule has 3 aromatic heterocycles. The molecular weight excluding hydrogens is 504 g/mol. The number of amides is 2.